The van der Waals surface area contributed by atoms with Crippen molar-refractivity contribution in [3.8, 4) is 5.75 Å². The van der Waals surface area contributed by atoms with Crippen molar-refractivity contribution in [3.05, 3.63) is 114 Å². The van der Waals surface area contributed by atoms with E-state index < -0.39 is 26.2 Å². The zero-order chi connectivity index (χ0) is 33.6. The van der Waals surface area contributed by atoms with E-state index in [0.29, 0.717) is 31.6 Å². The summed E-state index contributed by atoms with van der Waals surface area (Å²) in [5.74, 6) is -1.66. The average molecular weight is 649 g/mol. The quantitative estimate of drug-likeness (QED) is 0.0477. The van der Waals surface area contributed by atoms with Crippen LogP contribution in [0, 0.1) is 0 Å². The molecule has 0 saturated carbocycles. The van der Waals surface area contributed by atoms with E-state index in [1.807, 2.05) is 72.8 Å². The third kappa shape index (κ3) is 12.5. The molecule has 0 fully saturated rings. The number of aliphatic hydroxyl groups is 2. The predicted octanol–water partition coefficient (Wildman–Crippen LogP) is 7.87. The van der Waals surface area contributed by atoms with Gasteiger partial charge in [0.05, 0.1) is 31.5 Å². The fraction of sp³-hybridized carbons (Fsp3) is 0.447. The summed E-state index contributed by atoms with van der Waals surface area (Å²) in [5, 5.41) is 22.6. The molecule has 0 amide bonds. The summed E-state index contributed by atoms with van der Waals surface area (Å²) in [6, 6.07) is 26.1. The summed E-state index contributed by atoms with van der Waals surface area (Å²) in [6.07, 6.45) is 4.17. The molecule has 0 aliphatic rings. The van der Waals surface area contributed by atoms with Crippen LogP contribution in [0.25, 0.3) is 0 Å². The molecule has 8 heteroatoms. The van der Waals surface area contributed by atoms with E-state index in [4.69, 9.17) is 18.6 Å². The summed E-state index contributed by atoms with van der Waals surface area (Å²) < 4.78 is 23.6. The number of rotatable bonds is 18. The lowest BCUT2D eigenvalue weighted by Gasteiger charge is -2.38. The van der Waals surface area contributed by atoms with E-state index in [0.717, 1.165) is 16.9 Å². The van der Waals surface area contributed by atoms with Crippen molar-refractivity contribution < 1.29 is 33.6 Å². The molecule has 3 aromatic carbocycles. The Morgan fingerprint density at radius 1 is 0.913 bits per heavy atom. The van der Waals surface area contributed by atoms with Gasteiger partial charge in [-0.15, -0.1) is 0 Å². The summed E-state index contributed by atoms with van der Waals surface area (Å²) in [7, 11) is -0.446. The fourth-order valence-corrected chi connectivity index (χ4v) is 5.99. The minimum atomic E-state index is -2.09. The number of hydrogen-bond acceptors (Lipinski definition) is 7. The van der Waals surface area contributed by atoms with Gasteiger partial charge in [-0.3, -0.25) is 0 Å². The zero-order valence-corrected chi connectivity index (χ0v) is 29.3. The first-order valence-corrected chi connectivity index (χ1v) is 19.0. The first kappa shape index (κ1) is 37.2. The lowest BCUT2D eigenvalue weighted by atomic mass is 9.97. The Morgan fingerprint density at radius 3 is 2.15 bits per heavy atom. The van der Waals surface area contributed by atoms with Crippen LogP contribution < -0.4 is 4.74 Å². The molecule has 0 heterocycles. The normalized spacial score (nSPS) is 14.9. The van der Waals surface area contributed by atoms with Crippen LogP contribution in [0.15, 0.2) is 97.1 Å². The van der Waals surface area contributed by atoms with Crippen LogP contribution in [0.3, 0.4) is 0 Å². The maximum absolute atomic E-state index is 12.9. The van der Waals surface area contributed by atoms with Gasteiger partial charge in [-0.25, -0.2) is 4.79 Å². The molecule has 3 rings (SSSR count). The van der Waals surface area contributed by atoms with Gasteiger partial charge in [0.1, 0.15) is 5.75 Å². The number of aliphatic hydroxyl groups excluding tert-OH is 1. The van der Waals surface area contributed by atoms with Crippen LogP contribution >= 0.6 is 0 Å². The topological polar surface area (TPSA) is 94.5 Å². The van der Waals surface area contributed by atoms with Crippen molar-refractivity contribution in [1.82, 2.24) is 0 Å². The molecule has 0 saturated heterocycles. The minimum absolute atomic E-state index is 0.0282. The van der Waals surface area contributed by atoms with Crippen molar-refractivity contribution in [1.29, 1.82) is 0 Å². The number of benzene rings is 3. The molecule has 0 bridgehead atoms. The van der Waals surface area contributed by atoms with Crippen molar-refractivity contribution >= 4 is 14.3 Å². The predicted molar refractivity (Wildman–Crippen MR) is 185 cm³/mol. The molecule has 3 atom stereocenters. The molecule has 250 valence electrons. The second kappa shape index (κ2) is 17.6. The van der Waals surface area contributed by atoms with E-state index in [1.54, 1.807) is 31.4 Å². The molecule has 0 spiro atoms. The third-order valence-electron chi connectivity index (χ3n) is 8.48. The van der Waals surface area contributed by atoms with Crippen LogP contribution in [0.4, 0.5) is 0 Å². The molecular weight excluding hydrogens is 596 g/mol. The molecule has 3 aromatic rings. The van der Waals surface area contributed by atoms with Crippen LogP contribution in [0.2, 0.25) is 18.1 Å². The Balaban J connectivity index is 1.64. The SMILES string of the molecule is COc1ccc(COCC[C@H](/C=C/C[C@H](O)C[C@](O)(CCc2ccccc2)OC(=O)c2ccccc2)O[Si](C)(C)C(C)(C)C)cc1. The summed E-state index contributed by atoms with van der Waals surface area (Å²) >= 11 is 0. The number of hydrogen-bond donors (Lipinski definition) is 2. The number of carbonyl (C=O) groups excluding carboxylic acids is 1. The van der Waals surface area contributed by atoms with E-state index in [-0.39, 0.29) is 30.4 Å². The molecule has 0 aliphatic heterocycles. The molecule has 0 radical (unpaired) electrons. The minimum Gasteiger partial charge on any atom is -0.497 e. The van der Waals surface area contributed by atoms with Gasteiger partial charge in [-0.1, -0.05) is 93.6 Å². The molecule has 2 N–H and O–H groups in total. The molecular formula is C38H52O7Si. The van der Waals surface area contributed by atoms with Crippen LogP contribution in [-0.4, -0.2) is 56.2 Å². The van der Waals surface area contributed by atoms with Crippen molar-refractivity contribution in [2.24, 2.45) is 0 Å². The number of carbonyl (C=O) groups is 1. The van der Waals surface area contributed by atoms with Crippen molar-refractivity contribution in [2.45, 2.75) is 95.6 Å². The summed E-state index contributed by atoms with van der Waals surface area (Å²) in [6.45, 7) is 12.0. The smallest absolute Gasteiger partial charge is 0.340 e. The van der Waals surface area contributed by atoms with Crippen molar-refractivity contribution in [2.75, 3.05) is 13.7 Å². The van der Waals surface area contributed by atoms with Gasteiger partial charge in [0.2, 0.25) is 5.79 Å². The lowest BCUT2D eigenvalue weighted by molar-refractivity contribution is -0.186. The molecule has 0 unspecified atom stereocenters. The van der Waals surface area contributed by atoms with Gasteiger partial charge < -0.3 is 28.8 Å². The van der Waals surface area contributed by atoms with Crippen LogP contribution in [0.1, 0.15) is 67.9 Å². The first-order valence-electron chi connectivity index (χ1n) is 16.1. The van der Waals surface area contributed by atoms with Gasteiger partial charge in [-0.05, 0) is 72.8 Å². The van der Waals surface area contributed by atoms with E-state index >= 15 is 0 Å². The highest BCUT2D eigenvalue weighted by Gasteiger charge is 2.39. The highest BCUT2D eigenvalue weighted by Crippen LogP contribution is 2.38. The van der Waals surface area contributed by atoms with Crippen molar-refractivity contribution in [3.63, 3.8) is 0 Å². The Morgan fingerprint density at radius 2 is 1.54 bits per heavy atom. The zero-order valence-electron chi connectivity index (χ0n) is 28.3. The second-order valence-electron chi connectivity index (χ2n) is 13.3. The second-order valence-corrected chi connectivity index (χ2v) is 18.1. The Bertz CT molecular complexity index is 1340. The van der Waals surface area contributed by atoms with Crippen LogP contribution in [0.5, 0.6) is 5.75 Å². The molecule has 7 nitrogen and oxygen atoms in total. The molecule has 0 aliphatic carbocycles. The van der Waals surface area contributed by atoms with E-state index in [1.165, 1.54) is 0 Å². The van der Waals surface area contributed by atoms with E-state index in [2.05, 4.69) is 33.9 Å². The largest absolute Gasteiger partial charge is 0.497 e. The number of ether oxygens (including phenoxy) is 3. The van der Waals surface area contributed by atoms with Gasteiger partial charge in [-0.2, -0.15) is 0 Å². The summed E-state index contributed by atoms with van der Waals surface area (Å²) in [5.41, 5.74) is 2.41. The number of aryl methyl sites for hydroxylation is 1. The number of methoxy groups -OCH3 is 1. The Labute approximate surface area is 276 Å². The fourth-order valence-electron chi connectivity index (χ4n) is 4.68. The third-order valence-corrected chi connectivity index (χ3v) is 13.0. The lowest BCUT2D eigenvalue weighted by Crippen LogP contribution is -2.43. The standard InChI is InChI=1S/C38H52O7Si/c1-37(2,3)46(5,6)45-35(25-27-43-29-31-20-22-34(42-4)23-21-31)19-13-18-33(39)28-38(41,26-24-30-14-9-7-10-15-30)44-36(40)32-16-11-8-12-17-32/h7-17,19-23,33,35,39,41H,18,24-29H2,1-6H3/b19-13+/t33-,35-,38-/m0/s1. The maximum Gasteiger partial charge on any atom is 0.340 e. The average Bonchev–Trinajstić information content (AvgIpc) is 3.02. The van der Waals surface area contributed by atoms with Gasteiger partial charge >= 0.3 is 5.97 Å². The molecule has 0 aromatic heterocycles. The van der Waals surface area contributed by atoms with Gasteiger partial charge in [0.25, 0.3) is 0 Å². The highest BCUT2D eigenvalue weighted by molar-refractivity contribution is 6.74. The Kier molecular flexibility index (Phi) is 14.2. The summed E-state index contributed by atoms with van der Waals surface area (Å²) in [4.78, 5) is 12.9. The monoisotopic (exact) mass is 648 g/mol. The molecule has 46 heavy (non-hydrogen) atoms. The first-order chi connectivity index (χ1) is 21.8. The Hall–Kier alpha value is -3.27. The van der Waals surface area contributed by atoms with E-state index in [9.17, 15) is 15.0 Å². The van der Waals surface area contributed by atoms with Gasteiger partial charge in [0, 0.05) is 19.4 Å². The number of esters is 1. The van der Waals surface area contributed by atoms with Crippen LogP contribution in [-0.2, 0) is 26.9 Å². The maximum atomic E-state index is 12.9. The highest BCUT2D eigenvalue weighted by atomic mass is 28.4. The van der Waals surface area contributed by atoms with Gasteiger partial charge in [0.15, 0.2) is 8.32 Å².